The summed E-state index contributed by atoms with van der Waals surface area (Å²) in [6, 6.07) is 59.6. The number of nitrogens with zero attached hydrogens (tertiary/aromatic N) is 1. The van der Waals surface area contributed by atoms with Gasteiger partial charge in [0.25, 0.3) is 0 Å². The molecule has 8 aromatic carbocycles. The van der Waals surface area contributed by atoms with Crippen molar-refractivity contribution >= 4 is 60.5 Å². The molecule has 0 saturated carbocycles. The molecule has 0 saturated heterocycles. The number of rotatable bonds is 4. The van der Waals surface area contributed by atoms with Crippen LogP contribution in [0.15, 0.2) is 168 Å². The van der Waals surface area contributed by atoms with E-state index in [-0.39, 0.29) is 5.41 Å². The van der Waals surface area contributed by atoms with Crippen LogP contribution in [0.3, 0.4) is 0 Å². The third-order valence-corrected chi connectivity index (χ3v) is 10.6. The van der Waals surface area contributed by atoms with Gasteiger partial charge in [0, 0.05) is 39.2 Å². The molecule has 0 radical (unpaired) electrons. The highest BCUT2D eigenvalue weighted by molar-refractivity contribution is 6.09. The molecule has 0 spiro atoms. The lowest BCUT2D eigenvalue weighted by molar-refractivity contribution is 0.660. The van der Waals surface area contributed by atoms with E-state index >= 15 is 0 Å². The number of hydrogen-bond donors (Lipinski definition) is 0. The molecule has 0 aliphatic heterocycles. The Morgan fingerprint density at radius 1 is 0.449 bits per heavy atom. The van der Waals surface area contributed by atoms with Crippen molar-refractivity contribution in [3.63, 3.8) is 0 Å². The smallest absolute Gasteiger partial charge is 0.137 e. The second-order valence-corrected chi connectivity index (χ2v) is 13.8. The first-order valence-corrected chi connectivity index (χ1v) is 17.0. The molecule has 0 atom stereocenters. The van der Waals surface area contributed by atoms with Crippen molar-refractivity contribution in [2.45, 2.75) is 19.3 Å². The van der Waals surface area contributed by atoms with Crippen LogP contribution < -0.4 is 4.90 Å². The summed E-state index contributed by atoms with van der Waals surface area (Å²) in [7, 11) is 0. The Morgan fingerprint density at radius 3 is 2.00 bits per heavy atom. The molecule has 0 fully saturated rings. The molecule has 2 heteroatoms. The van der Waals surface area contributed by atoms with Gasteiger partial charge in [-0.05, 0) is 91.8 Å². The van der Waals surface area contributed by atoms with Gasteiger partial charge in [-0.25, -0.2) is 0 Å². The molecule has 10 rings (SSSR count). The van der Waals surface area contributed by atoms with E-state index in [2.05, 4.69) is 170 Å². The highest BCUT2D eigenvalue weighted by Gasteiger charge is 2.35. The number of benzene rings is 8. The zero-order chi connectivity index (χ0) is 32.7. The third-order valence-electron chi connectivity index (χ3n) is 10.6. The monoisotopic (exact) mass is 627 g/mol. The fraction of sp³-hybridized carbons (Fsp3) is 0.0638. The summed E-state index contributed by atoms with van der Waals surface area (Å²) in [5, 5.41) is 7.15. The molecular formula is C47H33NO. The standard InChI is InChI=1S/C47H33NO/c1-47(2)41-17-9-7-15-37(41)40-28-34(23-25-42(40)47)48(35-22-24-39-38-16-8-10-18-44(38)49-45(39)29-35)43-26-21-31-12-5-6-14-36(31)46(43)33-20-19-30-11-3-4-13-32(30)27-33/h3-29H,1-2H3. The number of furan rings is 1. The van der Waals surface area contributed by atoms with Crippen molar-refractivity contribution < 1.29 is 4.42 Å². The van der Waals surface area contributed by atoms with Gasteiger partial charge in [-0.1, -0.05) is 129 Å². The van der Waals surface area contributed by atoms with Gasteiger partial charge in [0.05, 0.1) is 5.69 Å². The first-order chi connectivity index (χ1) is 24.0. The molecule has 232 valence electrons. The minimum absolute atomic E-state index is 0.0678. The Bertz CT molecular complexity index is 2770. The van der Waals surface area contributed by atoms with Crippen molar-refractivity contribution in [3.05, 3.63) is 175 Å². The minimum atomic E-state index is -0.0678. The first-order valence-electron chi connectivity index (χ1n) is 17.0. The molecule has 0 amide bonds. The Labute approximate surface area is 285 Å². The topological polar surface area (TPSA) is 16.4 Å². The van der Waals surface area contributed by atoms with E-state index in [9.17, 15) is 0 Å². The maximum atomic E-state index is 6.47. The average molecular weight is 628 g/mol. The summed E-state index contributed by atoms with van der Waals surface area (Å²) in [4.78, 5) is 2.43. The highest BCUT2D eigenvalue weighted by Crippen LogP contribution is 2.52. The predicted molar refractivity (Wildman–Crippen MR) is 206 cm³/mol. The van der Waals surface area contributed by atoms with Crippen molar-refractivity contribution in [1.82, 2.24) is 0 Å². The molecule has 0 bridgehead atoms. The summed E-state index contributed by atoms with van der Waals surface area (Å²) in [5.74, 6) is 0. The Hall–Kier alpha value is -6.12. The molecule has 9 aromatic rings. The quantitative estimate of drug-likeness (QED) is 0.193. The molecule has 1 aliphatic rings. The minimum Gasteiger partial charge on any atom is -0.456 e. The summed E-state index contributed by atoms with van der Waals surface area (Å²) in [5.41, 5.74) is 12.7. The van der Waals surface area contributed by atoms with Crippen molar-refractivity contribution in [2.24, 2.45) is 0 Å². The lowest BCUT2D eigenvalue weighted by atomic mass is 9.82. The number of para-hydroxylation sites is 1. The number of fused-ring (bicyclic) bond motifs is 8. The lowest BCUT2D eigenvalue weighted by Gasteiger charge is -2.30. The van der Waals surface area contributed by atoms with Gasteiger partial charge < -0.3 is 9.32 Å². The Kier molecular flexibility index (Phi) is 5.95. The van der Waals surface area contributed by atoms with Crippen LogP contribution in [0.4, 0.5) is 17.1 Å². The fourth-order valence-corrected chi connectivity index (χ4v) is 8.22. The third kappa shape index (κ3) is 4.20. The first kappa shape index (κ1) is 27.9. The SMILES string of the molecule is CC1(C)c2ccccc2-c2cc(N(c3ccc4c(c3)oc3ccccc34)c3ccc4ccccc4c3-c3ccc4ccccc4c3)ccc21. The lowest BCUT2D eigenvalue weighted by Crippen LogP contribution is -2.15. The van der Waals surface area contributed by atoms with Gasteiger partial charge in [0.2, 0.25) is 0 Å². The maximum Gasteiger partial charge on any atom is 0.137 e. The normalized spacial score (nSPS) is 13.3. The zero-order valence-electron chi connectivity index (χ0n) is 27.4. The molecule has 49 heavy (non-hydrogen) atoms. The van der Waals surface area contributed by atoms with Gasteiger partial charge >= 0.3 is 0 Å². The van der Waals surface area contributed by atoms with Gasteiger partial charge in [-0.3, -0.25) is 0 Å². The van der Waals surface area contributed by atoms with Crippen LogP contribution in [0, 0.1) is 0 Å². The van der Waals surface area contributed by atoms with Gasteiger partial charge in [-0.15, -0.1) is 0 Å². The van der Waals surface area contributed by atoms with Crippen LogP contribution in [0.1, 0.15) is 25.0 Å². The van der Waals surface area contributed by atoms with E-state index < -0.39 is 0 Å². The molecular weight excluding hydrogens is 595 g/mol. The van der Waals surface area contributed by atoms with Crippen LogP contribution in [0.5, 0.6) is 0 Å². The zero-order valence-corrected chi connectivity index (χ0v) is 27.4. The number of anilines is 3. The van der Waals surface area contributed by atoms with Crippen LogP contribution >= 0.6 is 0 Å². The molecule has 1 aliphatic carbocycles. The van der Waals surface area contributed by atoms with Crippen LogP contribution in [-0.4, -0.2) is 0 Å². The Balaban J connectivity index is 1.27. The Morgan fingerprint density at radius 2 is 1.10 bits per heavy atom. The second-order valence-electron chi connectivity index (χ2n) is 13.8. The summed E-state index contributed by atoms with van der Waals surface area (Å²) < 4.78 is 6.47. The van der Waals surface area contributed by atoms with Crippen molar-refractivity contribution in [2.75, 3.05) is 4.90 Å². The molecule has 0 N–H and O–H groups in total. The fourth-order valence-electron chi connectivity index (χ4n) is 8.22. The van der Waals surface area contributed by atoms with E-state index in [1.807, 2.05) is 12.1 Å². The summed E-state index contributed by atoms with van der Waals surface area (Å²) in [6.07, 6.45) is 0. The highest BCUT2D eigenvalue weighted by atomic mass is 16.3. The van der Waals surface area contributed by atoms with E-state index in [1.54, 1.807) is 0 Å². The van der Waals surface area contributed by atoms with Gasteiger partial charge in [-0.2, -0.15) is 0 Å². The van der Waals surface area contributed by atoms with E-state index in [0.29, 0.717) is 0 Å². The second kappa shape index (κ2) is 10.4. The van der Waals surface area contributed by atoms with Crippen LogP contribution in [0.25, 0.3) is 65.7 Å². The van der Waals surface area contributed by atoms with Crippen molar-refractivity contribution in [1.29, 1.82) is 0 Å². The maximum absolute atomic E-state index is 6.47. The largest absolute Gasteiger partial charge is 0.456 e. The summed E-state index contributed by atoms with van der Waals surface area (Å²) in [6.45, 7) is 4.68. The molecule has 0 unspecified atom stereocenters. The van der Waals surface area contributed by atoms with Gasteiger partial charge in [0.1, 0.15) is 11.2 Å². The van der Waals surface area contributed by atoms with Crippen LogP contribution in [0.2, 0.25) is 0 Å². The molecule has 1 heterocycles. The molecule has 2 nitrogen and oxygen atoms in total. The predicted octanol–water partition coefficient (Wildman–Crippen LogP) is 13.3. The van der Waals surface area contributed by atoms with Crippen LogP contribution in [-0.2, 0) is 5.41 Å². The van der Waals surface area contributed by atoms with Gasteiger partial charge in [0.15, 0.2) is 0 Å². The number of hydrogen-bond acceptors (Lipinski definition) is 2. The summed E-state index contributed by atoms with van der Waals surface area (Å²) >= 11 is 0. The van der Waals surface area contributed by atoms with E-state index in [4.69, 9.17) is 4.42 Å². The average Bonchev–Trinajstić information content (AvgIpc) is 3.63. The van der Waals surface area contributed by atoms with E-state index in [0.717, 1.165) is 39.0 Å². The molecule has 1 aromatic heterocycles. The van der Waals surface area contributed by atoms with E-state index in [1.165, 1.54) is 54.9 Å². The van der Waals surface area contributed by atoms with Crippen molar-refractivity contribution in [3.8, 4) is 22.3 Å².